The van der Waals surface area contributed by atoms with E-state index in [0.717, 1.165) is 17.8 Å². The van der Waals surface area contributed by atoms with Crippen LogP contribution in [0.4, 0.5) is 17.6 Å². The van der Waals surface area contributed by atoms with Crippen LogP contribution in [0.15, 0.2) is 84.9 Å². The van der Waals surface area contributed by atoms with Gasteiger partial charge < -0.3 is 0 Å². The van der Waals surface area contributed by atoms with Crippen molar-refractivity contribution < 1.29 is 17.6 Å². The third kappa shape index (κ3) is 149. The molecule has 0 heterocycles. The monoisotopic (exact) mass is 873 g/mol. The van der Waals surface area contributed by atoms with Gasteiger partial charge in [0.1, 0.15) is 0 Å². The topological polar surface area (TPSA) is 0 Å². The van der Waals surface area contributed by atoms with Crippen LogP contribution in [0, 0.1) is 37.0 Å². The maximum atomic E-state index is 10.4. The zero-order chi connectivity index (χ0) is 49.6. The third-order valence-corrected chi connectivity index (χ3v) is 5.94. The maximum absolute atomic E-state index is 10.4. The number of alkyl halides is 4. The van der Waals surface area contributed by atoms with Crippen LogP contribution in [0.2, 0.25) is 0 Å². The summed E-state index contributed by atoms with van der Waals surface area (Å²) in [6, 6.07) is 29.3. The SMILES string of the molecule is C.CC.CC(C)(C)C.CC(C)C.CC(F)(F)F.CCC.CCC(C)C.CCC(C)C.CCCC.CCCCC.CF.Cc1ccc(-c2ccccc2)cc1.Cc1ccccc1. The van der Waals surface area contributed by atoms with E-state index in [1.807, 2.05) is 38.1 Å². The lowest BCUT2D eigenvalue weighted by Crippen LogP contribution is -1.95. The van der Waals surface area contributed by atoms with Crippen LogP contribution < -0.4 is 0 Å². The Labute approximate surface area is 385 Å². The zero-order valence-electron chi connectivity index (χ0n) is 45.0. The number of hydrogen-bond donors (Lipinski definition) is 0. The van der Waals surface area contributed by atoms with Gasteiger partial charge >= 0.3 is 6.18 Å². The van der Waals surface area contributed by atoms with Gasteiger partial charge in [0.15, 0.2) is 0 Å². The fourth-order valence-corrected chi connectivity index (χ4v) is 2.26. The molecule has 3 aromatic carbocycles. The van der Waals surface area contributed by atoms with E-state index < -0.39 is 6.18 Å². The summed E-state index contributed by atoms with van der Waals surface area (Å²) in [7, 11) is 0.500. The molecule has 0 aromatic heterocycles. The van der Waals surface area contributed by atoms with Gasteiger partial charge in [-0.05, 0) is 48.1 Å². The summed E-state index contributed by atoms with van der Waals surface area (Å²) in [5.74, 6) is 2.60. The Balaban J connectivity index is -0.0000000607. The molecule has 4 heteroatoms. The number of unbranched alkanes of at least 4 members (excludes halogenated alkanes) is 3. The molecule has 368 valence electrons. The average Bonchev–Trinajstić information content (AvgIpc) is 3.17. The summed E-state index contributed by atoms with van der Waals surface area (Å²) >= 11 is 0. The second-order valence-electron chi connectivity index (χ2n) is 17.1. The zero-order valence-corrected chi connectivity index (χ0v) is 45.0. The first-order chi connectivity index (χ1) is 27.8. The van der Waals surface area contributed by atoms with Crippen LogP contribution in [-0.2, 0) is 0 Å². The number of aryl methyl sites for hydroxylation is 2. The second-order valence-corrected chi connectivity index (χ2v) is 17.1. The van der Waals surface area contributed by atoms with E-state index in [0.29, 0.717) is 12.6 Å². The number of hydrogen-bond acceptors (Lipinski definition) is 0. The first kappa shape index (κ1) is 82.1. The van der Waals surface area contributed by atoms with Crippen LogP contribution >= 0.6 is 0 Å². The summed E-state index contributed by atoms with van der Waals surface area (Å²) in [5.41, 5.74) is 5.69. The smallest absolute Gasteiger partial charge is 0.255 e. The van der Waals surface area contributed by atoms with Crippen molar-refractivity contribution in [2.45, 2.75) is 231 Å². The van der Waals surface area contributed by atoms with Crippen molar-refractivity contribution in [1.29, 1.82) is 0 Å². The van der Waals surface area contributed by atoms with Crippen LogP contribution in [0.1, 0.15) is 222 Å². The van der Waals surface area contributed by atoms with Crippen molar-refractivity contribution in [3.63, 3.8) is 0 Å². The molecule has 0 saturated carbocycles. The van der Waals surface area contributed by atoms with Crippen LogP contribution in [-0.4, -0.2) is 13.4 Å². The number of rotatable bonds is 6. The number of halogens is 4. The first-order valence-electron chi connectivity index (χ1n) is 23.4. The molecule has 0 aliphatic heterocycles. The Morgan fingerprint density at radius 1 is 0.443 bits per heavy atom. The molecule has 0 atom stereocenters. The highest BCUT2D eigenvalue weighted by molar-refractivity contribution is 5.63. The fraction of sp³-hybridized carbons (Fsp3) is 0.684. The Bertz CT molecular complexity index is 1010. The van der Waals surface area contributed by atoms with Gasteiger partial charge in [-0.25, -0.2) is 0 Å². The van der Waals surface area contributed by atoms with Crippen molar-refractivity contribution in [3.05, 3.63) is 96.1 Å². The molecule has 0 aliphatic rings. The van der Waals surface area contributed by atoms with Crippen molar-refractivity contribution in [2.24, 2.45) is 23.2 Å². The molecular weight excluding hydrogens is 761 g/mol. The van der Waals surface area contributed by atoms with E-state index in [4.69, 9.17) is 0 Å². The Morgan fingerprint density at radius 2 is 0.639 bits per heavy atom. The normalized spacial score (nSPS) is 8.92. The highest BCUT2D eigenvalue weighted by Crippen LogP contribution is 2.18. The Morgan fingerprint density at radius 3 is 0.787 bits per heavy atom. The van der Waals surface area contributed by atoms with E-state index in [-0.39, 0.29) is 14.4 Å². The molecule has 61 heavy (non-hydrogen) atoms. The minimum atomic E-state index is -4.00. The maximum Gasteiger partial charge on any atom is 0.386 e. The van der Waals surface area contributed by atoms with Gasteiger partial charge in [0.2, 0.25) is 0 Å². The molecule has 0 bridgehead atoms. The molecule has 0 aliphatic carbocycles. The summed E-state index contributed by atoms with van der Waals surface area (Å²) in [6.45, 7) is 49.9. The molecule has 0 N–H and O–H groups in total. The molecule has 0 radical (unpaired) electrons. The van der Waals surface area contributed by atoms with Gasteiger partial charge in [-0.1, -0.05) is 300 Å². The molecule has 0 amide bonds. The summed E-state index contributed by atoms with van der Waals surface area (Å²) in [4.78, 5) is 0. The average molecular weight is 874 g/mol. The molecule has 3 aromatic rings. The summed E-state index contributed by atoms with van der Waals surface area (Å²) in [6.07, 6.45) is 6.58. The lowest BCUT2D eigenvalue weighted by molar-refractivity contribution is -0.110. The molecule has 3 rings (SSSR count). The van der Waals surface area contributed by atoms with Crippen molar-refractivity contribution in [1.82, 2.24) is 0 Å². The predicted octanol–water partition coefficient (Wildman–Crippen LogP) is 22.7. The van der Waals surface area contributed by atoms with Crippen LogP contribution in [0.3, 0.4) is 0 Å². The lowest BCUT2D eigenvalue weighted by Gasteiger charge is -2.05. The van der Waals surface area contributed by atoms with Gasteiger partial charge in [0, 0.05) is 6.92 Å². The standard InChI is InChI=1S/C13H12.C7H8.4C5H12.2C4H10.C3H8.C2H3F3.C2H6.CH3F.CH4/c1-11-7-9-13(10-8-11)12-5-3-2-4-6-12;1-7-5-3-2-4-6-7;1-5(2,3)4;2*1-4-5(2)3;1-3-5-4-2;1-4(2)3;1-3-4-2;1-3-2;1-2(3,4)5;2*1-2;/h2-10H,1H3;2-6H,1H3;1-4H3;2*5H,4H2,1-3H3;3-5H2,1-2H3;4H,1-3H3;3-4H2,1-2H3;3H2,1-2H3;1H3;1-2H3;1H3;1H4. The minimum absolute atomic E-state index is 0. The molecule has 0 saturated heterocycles. The van der Waals surface area contributed by atoms with Gasteiger partial charge in [0.25, 0.3) is 0 Å². The minimum Gasteiger partial charge on any atom is -0.255 e. The van der Waals surface area contributed by atoms with Crippen molar-refractivity contribution in [2.75, 3.05) is 7.18 Å². The van der Waals surface area contributed by atoms with E-state index in [2.05, 4.69) is 206 Å². The second kappa shape index (κ2) is 66.5. The summed E-state index contributed by atoms with van der Waals surface area (Å²) < 4.78 is 40.6. The van der Waals surface area contributed by atoms with E-state index in [1.54, 1.807) is 0 Å². The highest BCUT2D eigenvalue weighted by atomic mass is 19.4. The molecular formula is C57H112F4. The summed E-state index contributed by atoms with van der Waals surface area (Å²) in [5, 5.41) is 0. The van der Waals surface area contributed by atoms with Crippen LogP contribution in [0.5, 0.6) is 0 Å². The number of benzene rings is 3. The lowest BCUT2D eigenvalue weighted by atomic mass is 10.0. The molecule has 0 nitrogen and oxygen atoms in total. The molecule has 0 fully saturated rings. The predicted molar refractivity (Wildman–Crippen MR) is 282 cm³/mol. The molecule has 0 spiro atoms. The van der Waals surface area contributed by atoms with Crippen molar-refractivity contribution >= 4 is 0 Å². The first-order valence-corrected chi connectivity index (χ1v) is 23.4. The van der Waals surface area contributed by atoms with E-state index >= 15 is 0 Å². The van der Waals surface area contributed by atoms with Gasteiger partial charge in [-0.2, -0.15) is 13.2 Å². The van der Waals surface area contributed by atoms with Crippen LogP contribution in [0.25, 0.3) is 11.1 Å². The Kier molecular flexibility index (Phi) is 89.5. The van der Waals surface area contributed by atoms with Crippen molar-refractivity contribution in [3.8, 4) is 11.1 Å². The van der Waals surface area contributed by atoms with Gasteiger partial charge in [-0.3, -0.25) is 4.39 Å². The Hall–Kier alpha value is -2.62. The molecule has 0 unspecified atom stereocenters. The fourth-order valence-electron chi connectivity index (χ4n) is 2.26. The third-order valence-electron chi connectivity index (χ3n) is 5.94. The highest BCUT2D eigenvalue weighted by Gasteiger charge is 2.15. The van der Waals surface area contributed by atoms with Gasteiger partial charge in [-0.15, -0.1) is 0 Å². The quantitative estimate of drug-likeness (QED) is 0.217. The largest absolute Gasteiger partial charge is 0.386 e. The van der Waals surface area contributed by atoms with E-state index in [1.165, 1.54) is 73.6 Å². The van der Waals surface area contributed by atoms with E-state index in [9.17, 15) is 17.6 Å². The van der Waals surface area contributed by atoms with Gasteiger partial charge in [0.05, 0.1) is 7.18 Å².